The standard InChI is InChI=1S/C18H18N6O2/c1-18(8-5-9-26-18)14-10-20-21-24(14)15-16-22(2)17(25)12-6-3-4-7-13(12)23(16)11-19-15/h3-4,6-7,10-11H,5,8-9H2,1-2H3. The van der Waals surface area contributed by atoms with Crippen molar-refractivity contribution in [2.45, 2.75) is 25.4 Å². The zero-order valence-corrected chi connectivity index (χ0v) is 14.6. The largest absolute Gasteiger partial charge is 0.369 e. The van der Waals surface area contributed by atoms with Crippen LogP contribution in [0.4, 0.5) is 0 Å². The minimum Gasteiger partial charge on any atom is -0.369 e. The molecule has 1 unspecified atom stereocenters. The number of imidazole rings is 1. The maximum Gasteiger partial charge on any atom is 0.261 e. The third kappa shape index (κ3) is 1.93. The van der Waals surface area contributed by atoms with Gasteiger partial charge in [-0.1, -0.05) is 17.3 Å². The highest BCUT2D eigenvalue weighted by Crippen LogP contribution is 2.36. The third-order valence-corrected chi connectivity index (χ3v) is 5.25. The van der Waals surface area contributed by atoms with Gasteiger partial charge in [0, 0.05) is 13.7 Å². The maximum absolute atomic E-state index is 12.8. The highest BCUT2D eigenvalue weighted by molar-refractivity contribution is 5.82. The van der Waals surface area contributed by atoms with Crippen molar-refractivity contribution < 1.29 is 4.74 Å². The molecule has 0 spiro atoms. The molecule has 132 valence electrons. The summed E-state index contributed by atoms with van der Waals surface area (Å²) in [6.07, 6.45) is 5.33. The molecule has 26 heavy (non-hydrogen) atoms. The molecule has 1 saturated heterocycles. The van der Waals surface area contributed by atoms with Gasteiger partial charge in [0.05, 0.1) is 22.8 Å². The lowest BCUT2D eigenvalue weighted by Crippen LogP contribution is -2.25. The van der Waals surface area contributed by atoms with Crippen LogP contribution in [0.25, 0.3) is 22.4 Å². The molecule has 8 heteroatoms. The van der Waals surface area contributed by atoms with E-state index in [1.165, 1.54) is 0 Å². The zero-order chi connectivity index (χ0) is 17.9. The third-order valence-electron chi connectivity index (χ3n) is 5.25. The fourth-order valence-corrected chi connectivity index (χ4v) is 3.84. The lowest BCUT2D eigenvalue weighted by molar-refractivity contribution is 0.0112. The molecule has 1 aliphatic rings. The van der Waals surface area contributed by atoms with Crippen molar-refractivity contribution in [2.75, 3.05) is 6.61 Å². The topological polar surface area (TPSA) is 79.2 Å². The summed E-state index contributed by atoms with van der Waals surface area (Å²) in [6.45, 7) is 2.76. The predicted octanol–water partition coefficient (Wildman–Crippen LogP) is 1.79. The molecule has 0 amide bonds. The molecular formula is C18H18N6O2. The van der Waals surface area contributed by atoms with Crippen LogP contribution in [0.5, 0.6) is 0 Å². The van der Waals surface area contributed by atoms with Gasteiger partial charge >= 0.3 is 0 Å². The molecule has 0 radical (unpaired) electrons. The molecule has 4 aromatic rings. The van der Waals surface area contributed by atoms with Crippen LogP contribution in [0.15, 0.2) is 41.6 Å². The Kier molecular flexibility index (Phi) is 3.08. The van der Waals surface area contributed by atoms with Gasteiger partial charge in [0.2, 0.25) is 0 Å². The van der Waals surface area contributed by atoms with E-state index in [1.807, 2.05) is 35.6 Å². The van der Waals surface area contributed by atoms with Crippen LogP contribution in [-0.2, 0) is 17.4 Å². The first-order chi connectivity index (χ1) is 12.6. The van der Waals surface area contributed by atoms with Gasteiger partial charge in [0.15, 0.2) is 11.5 Å². The Balaban J connectivity index is 1.83. The summed E-state index contributed by atoms with van der Waals surface area (Å²) in [6, 6.07) is 7.51. The van der Waals surface area contributed by atoms with Crippen molar-refractivity contribution in [1.82, 2.24) is 28.9 Å². The van der Waals surface area contributed by atoms with Crippen LogP contribution in [0, 0.1) is 0 Å². The minimum absolute atomic E-state index is 0.0696. The zero-order valence-electron chi connectivity index (χ0n) is 14.6. The molecule has 1 atom stereocenters. The summed E-state index contributed by atoms with van der Waals surface area (Å²) >= 11 is 0. The molecule has 0 saturated carbocycles. The molecule has 0 N–H and O–H groups in total. The molecule has 1 aliphatic heterocycles. The van der Waals surface area contributed by atoms with Gasteiger partial charge in [0.1, 0.15) is 11.9 Å². The van der Waals surface area contributed by atoms with Gasteiger partial charge in [-0.05, 0) is 31.9 Å². The Morgan fingerprint density at radius 2 is 2.12 bits per heavy atom. The molecule has 5 rings (SSSR count). The van der Waals surface area contributed by atoms with E-state index < -0.39 is 5.60 Å². The summed E-state index contributed by atoms with van der Waals surface area (Å²) < 4.78 is 11.2. The van der Waals surface area contributed by atoms with E-state index in [9.17, 15) is 4.79 Å². The monoisotopic (exact) mass is 350 g/mol. The average molecular weight is 350 g/mol. The highest BCUT2D eigenvalue weighted by Gasteiger charge is 2.36. The van der Waals surface area contributed by atoms with Crippen molar-refractivity contribution in [1.29, 1.82) is 0 Å². The summed E-state index contributed by atoms with van der Waals surface area (Å²) in [7, 11) is 1.75. The second-order valence-corrected chi connectivity index (χ2v) is 6.86. The van der Waals surface area contributed by atoms with Gasteiger partial charge in [-0.2, -0.15) is 4.68 Å². The molecule has 0 bridgehead atoms. The van der Waals surface area contributed by atoms with E-state index in [2.05, 4.69) is 15.3 Å². The summed E-state index contributed by atoms with van der Waals surface area (Å²) in [5.74, 6) is 0.569. The Morgan fingerprint density at radius 1 is 1.27 bits per heavy atom. The van der Waals surface area contributed by atoms with E-state index >= 15 is 0 Å². The SMILES string of the molecule is Cn1c(=O)c2ccccc2n2cnc(-n3nncc3C3(C)CCCO3)c12. The fourth-order valence-electron chi connectivity index (χ4n) is 3.84. The predicted molar refractivity (Wildman–Crippen MR) is 95.4 cm³/mol. The van der Waals surface area contributed by atoms with Crippen LogP contribution in [0.3, 0.4) is 0 Å². The van der Waals surface area contributed by atoms with Crippen molar-refractivity contribution >= 4 is 16.6 Å². The quantitative estimate of drug-likeness (QED) is 0.551. The molecule has 4 heterocycles. The lowest BCUT2D eigenvalue weighted by atomic mass is 9.99. The first-order valence-corrected chi connectivity index (χ1v) is 8.60. The summed E-state index contributed by atoms with van der Waals surface area (Å²) in [4.78, 5) is 17.4. The first kappa shape index (κ1) is 15.3. The van der Waals surface area contributed by atoms with Crippen LogP contribution in [0.2, 0.25) is 0 Å². The van der Waals surface area contributed by atoms with Gasteiger partial charge in [-0.3, -0.25) is 13.8 Å². The van der Waals surface area contributed by atoms with E-state index in [0.717, 1.165) is 30.7 Å². The Labute approximate surface area is 148 Å². The summed E-state index contributed by atoms with van der Waals surface area (Å²) in [5.41, 5.74) is 1.81. The number of benzene rings is 1. The van der Waals surface area contributed by atoms with E-state index in [4.69, 9.17) is 4.74 Å². The minimum atomic E-state index is -0.449. The fraction of sp³-hybridized carbons (Fsp3) is 0.333. The number of aromatic nitrogens is 6. The number of hydrogen-bond acceptors (Lipinski definition) is 5. The average Bonchev–Trinajstić information content (AvgIpc) is 3.38. The van der Waals surface area contributed by atoms with Crippen LogP contribution >= 0.6 is 0 Å². The smallest absolute Gasteiger partial charge is 0.261 e. The maximum atomic E-state index is 12.8. The Morgan fingerprint density at radius 3 is 2.92 bits per heavy atom. The number of nitrogens with zero attached hydrogens (tertiary/aromatic N) is 6. The number of ether oxygens (including phenoxy) is 1. The van der Waals surface area contributed by atoms with Crippen molar-refractivity contribution in [3.05, 3.63) is 52.8 Å². The van der Waals surface area contributed by atoms with Crippen LogP contribution in [0.1, 0.15) is 25.5 Å². The van der Waals surface area contributed by atoms with E-state index in [-0.39, 0.29) is 5.56 Å². The van der Waals surface area contributed by atoms with Gasteiger partial charge in [-0.25, -0.2) is 4.98 Å². The molecular weight excluding hydrogens is 332 g/mol. The normalized spacial score (nSPS) is 20.4. The van der Waals surface area contributed by atoms with Crippen molar-refractivity contribution in [3.8, 4) is 5.82 Å². The van der Waals surface area contributed by atoms with Gasteiger partial charge in [-0.15, -0.1) is 5.10 Å². The Bertz CT molecular complexity index is 1200. The molecule has 0 aliphatic carbocycles. The summed E-state index contributed by atoms with van der Waals surface area (Å²) in [5, 5.41) is 8.98. The Hall–Kier alpha value is -3.00. The van der Waals surface area contributed by atoms with Crippen LogP contribution in [-0.4, -0.2) is 35.6 Å². The van der Waals surface area contributed by atoms with E-state index in [0.29, 0.717) is 16.9 Å². The molecule has 1 aromatic carbocycles. The molecule has 1 fully saturated rings. The molecule has 8 nitrogen and oxygen atoms in total. The van der Waals surface area contributed by atoms with Crippen molar-refractivity contribution in [3.63, 3.8) is 0 Å². The van der Waals surface area contributed by atoms with Crippen molar-refractivity contribution in [2.24, 2.45) is 7.05 Å². The van der Waals surface area contributed by atoms with Gasteiger partial charge in [0.25, 0.3) is 5.56 Å². The van der Waals surface area contributed by atoms with Crippen LogP contribution < -0.4 is 5.56 Å². The first-order valence-electron chi connectivity index (χ1n) is 8.60. The second-order valence-electron chi connectivity index (χ2n) is 6.86. The second kappa shape index (κ2) is 5.25. The highest BCUT2D eigenvalue weighted by atomic mass is 16.5. The van der Waals surface area contributed by atoms with Gasteiger partial charge < -0.3 is 4.74 Å². The molecule has 3 aromatic heterocycles. The number of hydrogen-bond donors (Lipinski definition) is 0. The number of fused-ring (bicyclic) bond motifs is 3. The number of rotatable bonds is 2. The number of para-hydroxylation sites is 1. The van der Waals surface area contributed by atoms with E-state index in [1.54, 1.807) is 28.8 Å². The number of aryl methyl sites for hydroxylation is 1. The lowest BCUT2D eigenvalue weighted by Gasteiger charge is -2.22.